The molecular weight excluding hydrogens is 252 g/mol. The number of benzene rings is 1. The highest BCUT2D eigenvalue weighted by Gasteiger charge is 2.04. The lowest BCUT2D eigenvalue weighted by molar-refractivity contribution is 0.719. The SMILES string of the molecule is C=CCCC(C)Nc1ccc(-c2csc(C)n2)cc1. The third-order valence-corrected chi connectivity index (χ3v) is 3.79. The number of hydrogen-bond donors (Lipinski definition) is 1. The second kappa shape index (κ2) is 6.53. The van der Waals surface area contributed by atoms with E-state index in [2.05, 4.69) is 53.4 Å². The van der Waals surface area contributed by atoms with Gasteiger partial charge in [-0.2, -0.15) is 0 Å². The van der Waals surface area contributed by atoms with E-state index < -0.39 is 0 Å². The Kier molecular flexibility index (Phi) is 4.74. The van der Waals surface area contributed by atoms with Crippen LogP contribution in [0.4, 0.5) is 5.69 Å². The Morgan fingerprint density at radius 1 is 1.37 bits per heavy atom. The van der Waals surface area contributed by atoms with Gasteiger partial charge in [0.2, 0.25) is 0 Å². The molecular formula is C16H20N2S. The number of allylic oxidation sites excluding steroid dienone is 1. The molecule has 100 valence electrons. The normalized spacial score (nSPS) is 12.1. The van der Waals surface area contributed by atoms with Gasteiger partial charge in [-0.05, 0) is 38.8 Å². The number of nitrogens with zero attached hydrogens (tertiary/aromatic N) is 1. The van der Waals surface area contributed by atoms with Crippen molar-refractivity contribution in [3.63, 3.8) is 0 Å². The third kappa shape index (κ3) is 3.93. The van der Waals surface area contributed by atoms with Crippen LogP contribution in [0.25, 0.3) is 11.3 Å². The fourth-order valence-electron chi connectivity index (χ4n) is 1.96. The van der Waals surface area contributed by atoms with Gasteiger partial charge in [-0.25, -0.2) is 4.98 Å². The maximum absolute atomic E-state index is 4.50. The standard InChI is InChI=1S/C16H20N2S/c1-4-5-6-12(2)17-15-9-7-14(8-10-15)16-11-19-13(3)18-16/h4,7-12,17H,1,5-6H2,2-3H3. The predicted octanol–water partition coefficient (Wildman–Crippen LogP) is 4.89. The minimum absolute atomic E-state index is 0.463. The number of anilines is 1. The number of thiazole rings is 1. The number of aryl methyl sites for hydroxylation is 1. The lowest BCUT2D eigenvalue weighted by atomic mass is 10.1. The molecule has 0 bridgehead atoms. The lowest BCUT2D eigenvalue weighted by Crippen LogP contribution is -2.14. The van der Waals surface area contributed by atoms with Crippen molar-refractivity contribution in [2.45, 2.75) is 32.7 Å². The zero-order chi connectivity index (χ0) is 13.7. The van der Waals surface area contributed by atoms with Crippen LogP contribution in [0, 0.1) is 6.92 Å². The van der Waals surface area contributed by atoms with Crippen LogP contribution < -0.4 is 5.32 Å². The molecule has 2 rings (SSSR count). The van der Waals surface area contributed by atoms with Crippen LogP contribution in [0.5, 0.6) is 0 Å². The van der Waals surface area contributed by atoms with Gasteiger partial charge in [-0.3, -0.25) is 0 Å². The molecule has 1 heterocycles. The Morgan fingerprint density at radius 3 is 2.68 bits per heavy atom. The monoisotopic (exact) mass is 272 g/mol. The molecule has 2 nitrogen and oxygen atoms in total. The average Bonchev–Trinajstić information content (AvgIpc) is 2.84. The van der Waals surface area contributed by atoms with Crippen molar-refractivity contribution in [3.05, 3.63) is 47.3 Å². The van der Waals surface area contributed by atoms with Gasteiger partial charge in [0.15, 0.2) is 0 Å². The molecule has 1 aromatic heterocycles. The van der Waals surface area contributed by atoms with Crippen molar-refractivity contribution in [2.24, 2.45) is 0 Å². The zero-order valence-electron chi connectivity index (χ0n) is 11.5. The van der Waals surface area contributed by atoms with Crippen LogP contribution in [-0.4, -0.2) is 11.0 Å². The molecule has 0 radical (unpaired) electrons. The molecule has 0 aliphatic rings. The summed E-state index contributed by atoms with van der Waals surface area (Å²) in [6.07, 6.45) is 4.12. The van der Waals surface area contributed by atoms with Crippen LogP contribution in [-0.2, 0) is 0 Å². The number of rotatable bonds is 6. The van der Waals surface area contributed by atoms with E-state index >= 15 is 0 Å². The van der Waals surface area contributed by atoms with Gasteiger partial charge in [-0.15, -0.1) is 17.9 Å². The first-order valence-electron chi connectivity index (χ1n) is 6.59. The van der Waals surface area contributed by atoms with Gasteiger partial charge >= 0.3 is 0 Å². The van der Waals surface area contributed by atoms with Gasteiger partial charge in [0.25, 0.3) is 0 Å². The van der Waals surface area contributed by atoms with E-state index in [1.165, 1.54) is 5.56 Å². The van der Waals surface area contributed by atoms with E-state index in [0.717, 1.165) is 29.2 Å². The molecule has 2 aromatic rings. The van der Waals surface area contributed by atoms with Gasteiger partial charge in [0.1, 0.15) is 0 Å². The van der Waals surface area contributed by atoms with Crippen molar-refractivity contribution in [1.82, 2.24) is 4.98 Å². The molecule has 1 atom stereocenters. The number of nitrogens with one attached hydrogen (secondary N) is 1. The molecule has 0 saturated carbocycles. The second-order valence-corrected chi connectivity index (χ2v) is 5.80. The van der Waals surface area contributed by atoms with Crippen LogP contribution in [0.3, 0.4) is 0 Å². The van der Waals surface area contributed by atoms with E-state index in [0.29, 0.717) is 6.04 Å². The van der Waals surface area contributed by atoms with E-state index in [1.54, 1.807) is 11.3 Å². The molecule has 1 unspecified atom stereocenters. The number of aromatic nitrogens is 1. The summed E-state index contributed by atoms with van der Waals surface area (Å²) in [5, 5.41) is 6.70. The first-order chi connectivity index (χ1) is 9.19. The van der Waals surface area contributed by atoms with E-state index in [4.69, 9.17) is 0 Å². The van der Waals surface area contributed by atoms with Crippen molar-refractivity contribution in [2.75, 3.05) is 5.32 Å². The quantitative estimate of drug-likeness (QED) is 0.758. The molecule has 0 saturated heterocycles. The summed E-state index contributed by atoms with van der Waals surface area (Å²) in [5.74, 6) is 0. The molecule has 0 aliphatic heterocycles. The molecule has 19 heavy (non-hydrogen) atoms. The summed E-state index contributed by atoms with van der Waals surface area (Å²) < 4.78 is 0. The molecule has 0 aliphatic carbocycles. The van der Waals surface area contributed by atoms with E-state index in [1.807, 2.05) is 13.0 Å². The van der Waals surface area contributed by atoms with Crippen molar-refractivity contribution < 1.29 is 0 Å². The predicted molar refractivity (Wildman–Crippen MR) is 84.8 cm³/mol. The van der Waals surface area contributed by atoms with E-state index in [9.17, 15) is 0 Å². The molecule has 0 spiro atoms. The summed E-state index contributed by atoms with van der Waals surface area (Å²) in [5.41, 5.74) is 3.40. The van der Waals surface area contributed by atoms with E-state index in [-0.39, 0.29) is 0 Å². The van der Waals surface area contributed by atoms with Gasteiger partial charge in [0, 0.05) is 22.7 Å². The van der Waals surface area contributed by atoms with Crippen molar-refractivity contribution >= 4 is 17.0 Å². The highest BCUT2D eigenvalue weighted by molar-refractivity contribution is 7.09. The topological polar surface area (TPSA) is 24.9 Å². The maximum atomic E-state index is 4.50. The minimum Gasteiger partial charge on any atom is -0.383 e. The zero-order valence-corrected chi connectivity index (χ0v) is 12.3. The Balaban J connectivity index is 2.00. The smallest absolute Gasteiger partial charge is 0.0901 e. The Labute approximate surface area is 119 Å². The van der Waals surface area contributed by atoms with Gasteiger partial charge in [-0.1, -0.05) is 18.2 Å². The summed E-state index contributed by atoms with van der Waals surface area (Å²) in [6, 6.07) is 8.95. The summed E-state index contributed by atoms with van der Waals surface area (Å²) >= 11 is 1.69. The fraction of sp³-hybridized carbons (Fsp3) is 0.312. The lowest BCUT2D eigenvalue weighted by Gasteiger charge is -2.14. The van der Waals surface area contributed by atoms with Crippen molar-refractivity contribution in [1.29, 1.82) is 0 Å². The molecule has 1 N–H and O–H groups in total. The molecule has 0 fully saturated rings. The summed E-state index contributed by atoms with van der Waals surface area (Å²) in [6.45, 7) is 7.98. The molecule has 0 amide bonds. The maximum Gasteiger partial charge on any atom is 0.0901 e. The highest BCUT2D eigenvalue weighted by atomic mass is 32.1. The largest absolute Gasteiger partial charge is 0.383 e. The van der Waals surface area contributed by atoms with Crippen LogP contribution in [0.15, 0.2) is 42.3 Å². The third-order valence-electron chi connectivity index (χ3n) is 3.02. The first-order valence-corrected chi connectivity index (χ1v) is 7.47. The van der Waals surface area contributed by atoms with Crippen LogP contribution in [0.1, 0.15) is 24.8 Å². The van der Waals surface area contributed by atoms with Crippen molar-refractivity contribution in [3.8, 4) is 11.3 Å². The Bertz CT molecular complexity index is 528. The summed E-state index contributed by atoms with van der Waals surface area (Å²) in [4.78, 5) is 4.50. The Morgan fingerprint density at radius 2 is 2.11 bits per heavy atom. The fourth-order valence-corrected chi connectivity index (χ4v) is 2.58. The van der Waals surface area contributed by atoms with Crippen LogP contribution >= 0.6 is 11.3 Å². The molecule has 3 heteroatoms. The Hall–Kier alpha value is -1.61. The van der Waals surface area contributed by atoms with Gasteiger partial charge < -0.3 is 5.32 Å². The first kappa shape index (κ1) is 13.8. The number of hydrogen-bond acceptors (Lipinski definition) is 3. The van der Waals surface area contributed by atoms with Gasteiger partial charge in [0.05, 0.1) is 10.7 Å². The second-order valence-electron chi connectivity index (χ2n) is 4.74. The minimum atomic E-state index is 0.463. The highest BCUT2D eigenvalue weighted by Crippen LogP contribution is 2.23. The molecule has 1 aromatic carbocycles. The van der Waals surface area contributed by atoms with Crippen LogP contribution in [0.2, 0.25) is 0 Å². The average molecular weight is 272 g/mol. The summed E-state index contributed by atoms with van der Waals surface area (Å²) in [7, 11) is 0.